The lowest BCUT2D eigenvalue weighted by atomic mass is 9.97. The van der Waals surface area contributed by atoms with Gasteiger partial charge in [-0.05, 0) is 40.9 Å². The van der Waals surface area contributed by atoms with Crippen molar-refractivity contribution < 1.29 is 9.90 Å². The van der Waals surface area contributed by atoms with E-state index in [2.05, 4.69) is 17.4 Å². The summed E-state index contributed by atoms with van der Waals surface area (Å²) in [5.74, 6) is -0.878. The Morgan fingerprint density at radius 3 is 2.67 bits per heavy atom. The van der Waals surface area contributed by atoms with Gasteiger partial charge in [0.1, 0.15) is 0 Å². The first-order valence-corrected chi connectivity index (χ1v) is 6.99. The highest BCUT2D eigenvalue weighted by atomic mass is 16.4. The van der Waals surface area contributed by atoms with E-state index in [1.807, 2.05) is 37.4 Å². The van der Waals surface area contributed by atoms with Crippen LogP contribution in [0, 0.1) is 0 Å². The molecule has 4 heteroatoms. The maximum absolute atomic E-state index is 10.8. The Kier molecular flexibility index (Phi) is 3.49. The zero-order valence-electron chi connectivity index (χ0n) is 11.8. The summed E-state index contributed by atoms with van der Waals surface area (Å²) in [7, 11) is 1.95. The highest BCUT2D eigenvalue weighted by Crippen LogP contribution is 2.43. The molecule has 0 heterocycles. The average molecular weight is 282 g/mol. The van der Waals surface area contributed by atoms with Crippen molar-refractivity contribution >= 4 is 5.97 Å². The Bertz CT molecular complexity index is 697. The number of rotatable bonds is 4. The molecule has 1 aliphatic carbocycles. The van der Waals surface area contributed by atoms with Gasteiger partial charge in [0.25, 0.3) is 0 Å². The molecule has 2 aromatic rings. The highest BCUT2D eigenvalue weighted by Gasteiger charge is 2.27. The number of fused-ring (bicyclic) bond motifs is 3. The van der Waals surface area contributed by atoms with Crippen molar-refractivity contribution in [3.05, 3.63) is 59.2 Å². The molecule has 0 saturated heterocycles. The second kappa shape index (κ2) is 5.31. The van der Waals surface area contributed by atoms with E-state index in [9.17, 15) is 4.79 Å². The summed E-state index contributed by atoms with van der Waals surface area (Å²) in [6, 6.07) is 14.0. The first-order valence-electron chi connectivity index (χ1n) is 6.99. The smallest absolute Gasteiger partial charge is 0.305 e. The van der Waals surface area contributed by atoms with Crippen LogP contribution in [0.2, 0.25) is 0 Å². The van der Waals surface area contributed by atoms with Gasteiger partial charge < -0.3 is 16.2 Å². The number of nitrogens with two attached hydrogens (primary N) is 1. The SMILES string of the molecule is CNC1c2ccccc2-c2cc(C(N)CC(=O)O)ccc21. The number of hydrogen-bond acceptors (Lipinski definition) is 3. The minimum absolute atomic E-state index is 0.0596. The zero-order chi connectivity index (χ0) is 15.0. The van der Waals surface area contributed by atoms with Crippen molar-refractivity contribution in [2.75, 3.05) is 7.05 Å². The third kappa shape index (κ3) is 2.33. The molecule has 2 unspecified atom stereocenters. The van der Waals surface area contributed by atoms with E-state index >= 15 is 0 Å². The summed E-state index contributed by atoms with van der Waals surface area (Å²) in [4.78, 5) is 10.8. The topological polar surface area (TPSA) is 75.3 Å². The van der Waals surface area contributed by atoms with Crippen molar-refractivity contribution in [3.8, 4) is 11.1 Å². The predicted octanol–water partition coefficient (Wildman–Crippen LogP) is 2.45. The molecule has 0 aliphatic heterocycles. The van der Waals surface area contributed by atoms with E-state index in [4.69, 9.17) is 10.8 Å². The summed E-state index contributed by atoms with van der Waals surface area (Å²) >= 11 is 0. The van der Waals surface area contributed by atoms with Gasteiger partial charge in [0, 0.05) is 6.04 Å². The molecule has 1 aliphatic rings. The lowest BCUT2D eigenvalue weighted by Gasteiger charge is -2.14. The molecule has 3 rings (SSSR count). The highest BCUT2D eigenvalue weighted by molar-refractivity contribution is 5.79. The van der Waals surface area contributed by atoms with Gasteiger partial charge in [-0.1, -0.05) is 36.4 Å². The molecule has 0 amide bonds. The molecule has 4 N–H and O–H groups in total. The molecule has 4 nitrogen and oxygen atoms in total. The van der Waals surface area contributed by atoms with Crippen molar-refractivity contribution in [2.24, 2.45) is 5.73 Å². The Labute approximate surface area is 123 Å². The third-order valence-corrected chi connectivity index (χ3v) is 4.06. The Hall–Kier alpha value is -2.17. The Morgan fingerprint density at radius 2 is 1.95 bits per heavy atom. The lowest BCUT2D eigenvalue weighted by molar-refractivity contribution is -0.137. The largest absolute Gasteiger partial charge is 0.481 e. The van der Waals surface area contributed by atoms with Crippen LogP contribution in [0.4, 0.5) is 0 Å². The summed E-state index contributed by atoms with van der Waals surface area (Å²) in [6.07, 6.45) is -0.0596. The fraction of sp³-hybridized carbons (Fsp3) is 0.235. The van der Waals surface area contributed by atoms with Gasteiger partial charge in [0.15, 0.2) is 0 Å². The number of benzene rings is 2. The maximum Gasteiger partial charge on any atom is 0.305 e. The van der Waals surface area contributed by atoms with E-state index in [-0.39, 0.29) is 12.5 Å². The van der Waals surface area contributed by atoms with Gasteiger partial charge in [-0.15, -0.1) is 0 Å². The van der Waals surface area contributed by atoms with Gasteiger partial charge in [0.2, 0.25) is 0 Å². The molecule has 2 atom stereocenters. The predicted molar refractivity (Wildman–Crippen MR) is 82.0 cm³/mol. The first kappa shape index (κ1) is 13.8. The second-order valence-electron chi connectivity index (χ2n) is 5.36. The minimum Gasteiger partial charge on any atom is -0.481 e. The molecule has 2 aromatic carbocycles. The van der Waals surface area contributed by atoms with Gasteiger partial charge in [-0.3, -0.25) is 4.79 Å². The molecule has 0 fully saturated rings. The van der Waals surface area contributed by atoms with E-state index < -0.39 is 12.0 Å². The van der Waals surface area contributed by atoms with Crippen LogP contribution in [0.15, 0.2) is 42.5 Å². The third-order valence-electron chi connectivity index (χ3n) is 4.06. The van der Waals surface area contributed by atoms with Gasteiger partial charge in [-0.25, -0.2) is 0 Å². The normalized spacial score (nSPS) is 17.1. The number of carboxylic acids is 1. The number of carbonyl (C=O) groups is 1. The molecule has 21 heavy (non-hydrogen) atoms. The van der Waals surface area contributed by atoms with Crippen molar-refractivity contribution in [1.29, 1.82) is 0 Å². The fourth-order valence-electron chi connectivity index (χ4n) is 3.07. The quantitative estimate of drug-likeness (QED) is 0.805. The molecule has 0 bridgehead atoms. The molecule has 108 valence electrons. The number of aliphatic carboxylic acids is 1. The van der Waals surface area contributed by atoms with E-state index in [0.29, 0.717) is 0 Å². The van der Waals surface area contributed by atoms with Crippen molar-refractivity contribution in [2.45, 2.75) is 18.5 Å². The second-order valence-corrected chi connectivity index (χ2v) is 5.36. The average Bonchev–Trinajstić information content (AvgIpc) is 2.79. The van der Waals surface area contributed by atoms with E-state index in [1.54, 1.807) is 0 Å². The molecule has 0 radical (unpaired) electrons. The lowest BCUT2D eigenvalue weighted by Crippen LogP contribution is -2.16. The van der Waals surface area contributed by atoms with Crippen LogP contribution in [0.3, 0.4) is 0 Å². The van der Waals surface area contributed by atoms with Gasteiger partial charge in [0.05, 0.1) is 12.5 Å². The van der Waals surface area contributed by atoms with Crippen LogP contribution in [0.1, 0.15) is 35.2 Å². The van der Waals surface area contributed by atoms with Crippen molar-refractivity contribution in [3.63, 3.8) is 0 Å². The Balaban J connectivity index is 2.06. The first-order chi connectivity index (χ1) is 10.1. The van der Waals surface area contributed by atoms with Crippen LogP contribution in [-0.4, -0.2) is 18.1 Å². The van der Waals surface area contributed by atoms with Crippen LogP contribution in [-0.2, 0) is 4.79 Å². The summed E-state index contributed by atoms with van der Waals surface area (Å²) < 4.78 is 0. The van der Waals surface area contributed by atoms with Crippen molar-refractivity contribution in [1.82, 2.24) is 5.32 Å². The standard InChI is InChI=1S/C17H18N2O2/c1-19-17-12-5-3-2-4-11(12)14-8-10(6-7-13(14)17)15(18)9-16(20)21/h2-8,15,17,19H,9,18H2,1H3,(H,20,21). The fourth-order valence-corrected chi connectivity index (χ4v) is 3.07. The van der Waals surface area contributed by atoms with E-state index in [1.165, 1.54) is 16.7 Å². The zero-order valence-corrected chi connectivity index (χ0v) is 11.8. The molecular weight excluding hydrogens is 264 g/mol. The van der Waals surface area contributed by atoms with E-state index in [0.717, 1.165) is 11.1 Å². The number of hydrogen-bond donors (Lipinski definition) is 3. The van der Waals surface area contributed by atoms with Gasteiger partial charge in [-0.2, -0.15) is 0 Å². The number of carboxylic acid groups (broad SMARTS) is 1. The molecule has 0 spiro atoms. The summed E-state index contributed by atoms with van der Waals surface area (Å²) in [6.45, 7) is 0. The Morgan fingerprint density at radius 1 is 1.24 bits per heavy atom. The molecule has 0 aromatic heterocycles. The van der Waals surface area contributed by atoms with Crippen LogP contribution in [0.25, 0.3) is 11.1 Å². The molecule has 0 saturated carbocycles. The monoisotopic (exact) mass is 282 g/mol. The van der Waals surface area contributed by atoms with Crippen LogP contribution < -0.4 is 11.1 Å². The minimum atomic E-state index is -0.878. The molecular formula is C17H18N2O2. The van der Waals surface area contributed by atoms with Crippen LogP contribution >= 0.6 is 0 Å². The summed E-state index contributed by atoms with van der Waals surface area (Å²) in [5.41, 5.74) is 11.6. The van der Waals surface area contributed by atoms with Crippen LogP contribution in [0.5, 0.6) is 0 Å². The number of nitrogens with one attached hydrogen (secondary N) is 1. The summed E-state index contributed by atoms with van der Waals surface area (Å²) in [5, 5.41) is 12.2. The maximum atomic E-state index is 10.8. The van der Waals surface area contributed by atoms with Gasteiger partial charge >= 0.3 is 5.97 Å².